The van der Waals surface area contributed by atoms with Gasteiger partial charge in [-0.25, -0.2) is 4.79 Å². The third-order valence-electron chi connectivity index (χ3n) is 6.70. The molecule has 1 atom stereocenters. The Bertz CT molecular complexity index is 1460. The second-order valence-corrected chi connectivity index (χ2v) is 10.1. The van der Waals surface area contributed by atoms with E-state index in [1.54, 1.807) is 66.7 Å². The maximum absolute atomic E-state index is 13.4. The lowest BCUT2D eigenvalue weighted by atomic mass is 9.94. The molecule has 1 N–H and O–H groups in total. The highest BCUT2D eigenvalue weighted by Gasteiger charge is 2.46. The average molecular weight is 544 g/mol. The fourth-order valence-electron chi connectivity index (χ4n) is 4.63. The van der Waals surface area contributed by atoms with Crippen LogP contribution in [-0.2, 0) is 20.9 Å². The summed E-state index contributed by atoms with van der Waals surface area (Å²) in [5.41, 5.74) is 2.86. The number of carbonyl (C=O) groups is 3. The molecule has 1 heterocycles. The summed E-state index contributed by atoms with van der Waals surface area (Å²) in [6, 6.07) is 18.0. The summed E-state index contributed by atoms with van der Waals surface area (Å²) >= 11 is 0. The molecule has 1 amide bonds. The number of aryl methyl sites for hydroxylation is 1. The van der Waals surface area contributed by atoms with Crippen LogP contribution in [0.4, 0.5) is 0 Å². The van der Waals surface area contributed by atoms with Gasteiger partial charge in [0.1, 0.15) is 17.3 Å². The maximum Gasteiger partial charge on any atom is 0.337 e. The van der Waals surface area contributed by atoms with Crippen LogP contribution >= 0.6 is 0 Å². The van der Waals surface area contributed by atoms with Crippen LogP contribution in [0.2, 0.25) is 0 Å². The van der Waals surface area contributed by atoms with Crippen LogP contribution in [0.15, 0.2) is 72.3 Å². The third kappa shape index (κ3) is 5.86. The quantitative estimate of drug-likeness (QED) is 0.166. The maximum atomic E-state index is 13.4. The number of aliphatic hydroxyl groups excluding tert-OH is 1. The fraction of sp³-hybridized carbons (Fsp3) is 0.281. The molecule has 0 aliphatic carbocycles. The van der Waals surface area contributed by atoms with E-state index < -0.39 is 23.7 Å². The second kappa shape index (κ2) is 12.1. The first-order valence-electron chi connectivity index (χ1n) is 13.0. The molecule has 1 fully saturated rings. The minimum absolute atomic E-state index is 0.0142. The summed E-state index contributed by atoms with van der Waals surface area (Å²) in [5.74, 6) is -0.678. The van der Waals surface area contributed by atoms with Crippen LogP contribution in [0.5, 0.6) is 11.5 Å². The molecule has 0 saturated carbocycles. The topological polar surface area (TPSA) is 102 Å². The molecule has 40 heavy (non-hydrogen) atoms. The number of hydrogen-bond donors (Lipinski definition) is 1. The zero-order chi connectivity index (χ0) is 29.0. The van der Waals surface area contributed by atoms with E-state index in [1.165, 1.54) is 19.1 Å². The number of nitrogens with zero attached hydrogens (tertiary/aromatic N) is 1. The minimum atomic E-state index is -0.868. The molecule has 3 aromatic carbocycles. The lowest BCUT2D eigenvalue weighted by molar-refractivity contribution is -0.140. The van der Waals surface area contributed by atoms with Crippen molar-refractivity contribution in [2.75, 3.05) is 20.8 Å². The predicted octanol–water partition coefficient (Wildman–Crippen LogP) is 5.45. The number of carbonyl (C=O) groups excluding carboxylic acids is 3. The first-order chi connectivity index (χ1) is 19.1. The number of benzene rings is 3. The van der Waals surface area contributed by atoms with Gasteiger partial charge in [-0.3, -0.25) is 9.59 Å². The highest BCUT2D eigenvalue weighted by atomic mass is 16.5. The van der Waals surface area contributed by atoms with E-state index in [2.05, 4.69) is 13.8 Å². The van der Waals surface area contributed by atoms with Crippen LogP contribution < -0.4 is 9.47 Å². The zero-order valence-corrected chi connectivity index (χ0v) is 23.3. The van der Waals surface area contributed by atoms with Gasteiger partial charge in [-0.15, -0.1) is 0 Å². The molecule has 1 unspecified atom stereocenters. The molecule has 3 aromatic rings. The van der Waals surface area contributed by atoms with Crippen molar-refractivity contribution < 1.29 is 33.7 Å². The van der Waals surface area contributed by atoms with Gasteiger partial charge in [0.05, 0.1) is 38.0 Å². The standard InChI is InChI=1S/C32H33NO7/c1-19(2)18-40-26-14-13-24(15-20(26)3)29(34)27-28(23-7-6-8-25(16-23)38-4)33(31(36)30(27)35)17-21-9-11-22(12-10-21)32(37)39-5/h6-16,19,28,34H,17-18H2,1-5H3/b29-27-. The van der Waals surface area contributed by atoms with Crippen LogP contribution in [0.3, 0.4) is 0 Å². The Morgan fingerprint density at radius 1 is 0.975 bits per heavy atom. The minimum Gasteiger partial charge on any atom is -0.507 e. The predicted molar refractivity (Wildman–Crippen MR) is 150 cm³/mol. The molecule has 4 rings (SSSR count). The van der Waals surface area contributed by atoms with Crippen molar-refractivity contribution in [2.24, 2.45) is 5.92 Å². The van der Waals surface area contributed by atoms with E-state index in [4.69, 9.17) is 14.2 Å². The van der Waals surface area contributed by atoms with Crippen molar-refractivity contribution in [3.05, 3.63) is 100 Å². The number of rotatable bonds is 9. The number of ketones is 1. The van der Waals surface area contributed by atoms with E-state index in [0.717, 1.165) is 5.56 Å². The number of esters is 1. The molecule has 8 nitrogen and oxygen atoms in total. The number of Topliss-reactive ketones (excluding diaryl/α,β-unsaturated/α-hetero) is 1. The first-order valence-corrected chi connectivity index (χ1v) is 13.0. The Kier molecular flexibility index (Phi) is 8.58. The lowest BCUT2D eigenvalue weighted by Crippen LogP contribution is -2.29. The van der Waals surface area contributed by atoms with Gasteiger partial charge >= 0.3 is 5.97 Å². The Labute approximate surface area is 233 Å². The number of ether oxygens (including phenoxy) is 3. The number of likely N-dealkylation sites (tertiary alicyclic amines) is 1. The third-order valence-corrected chi connectivity index (χ3v) is 6.70. The molecule has 8 heteroatoms. The molecule has 0 radical (unpaired) electrons. The second-order valence-electron chi connectivity index (χ2n) is 10.1. The molecule has 0 spiro atoms. The van der Waals surface area contributed by atoms with Crippen LogP contribution in [0.1, 0.15) is 52.5 Å². The van der Waals surface area contributed by atoms with Gasteiger partial charge in [0.25, 0.3) is 11.7 Å². The number of hydrogen-bond acceptors (Lipinski definition) is 7. The van der Waals surface area contributed by atoms with Crippen molar-refractivity contribution in [3.8, 4) is 11.5 Å². The van der Waals surface area contributed by atoms with Crippen molar-refractivity contribution in [2.45, 2.75) is 33.4 Å². The monoisotopic (exact) mass is 543 g/mol. The van der Waals surface area contributed by atoms with Crippen molar-refractivity contribution in [3.63, 3.8) is 0 Å². The summed E-state index contributed by atoms with van der Waals surface area (Å²) in [7, 11) is 2.84. The zero-order valence-electron chi connectivity index (χ0n) is 23.3. The Morgan fingerprint density at radius 2 is 1.68 bits per heavy atom. The van der Waals surface area contributed by atoms with E-state index in [0.29, 0.717) is 46.3 Å². The summed E-state index contributed by atoms with van der Waals surface area (Å²) in [6.07, 6.45) is 0. The van der Waals surface area contributed by atoms with E-state index in [-0.39, 0.29) is 17.9 Å². The van der Waals surface area contributed by atoms with Gasteiger partial charge in [-0.2, -0.15) is 0 Å². The molecular weight excluding hydrogens is 510 g/mol. The molecule has 1 aliphatic heterocycles. The van der Waals surface area contributed by atoms with Crippen molar-refractivity contribution in [1.82, 2.24) is 4.90 Å². The Hall–Kier alpha value is -4.59. The fourth-order valence-corrected chi connectivity index (χ4v) is 4.63. The Balaban J connectivity index is 1.78. The Morgan fingerprint density at radius 3 is 2.30 bits per heavy atom. The van der Waals surface area contributed by atoms with E-state index in [9.17, 15) is 19.5 Å². The summed E-state index contributed by atoms with van der Waals surface area (Å²) in [6.45, 7) is 6.60. The summed E-state index contributed by atoms with van der Waals surface area (Å²) < 4.78 is 16.0. The average Bonchev–Trinajstić information content (AvgIpc) is 3.20. The van der Waals surface area contributed by atoms with Crippen molar-refractivity contribution in [1.29, 1.82) is 0 Å². The van der Waals surface area contributed by atoms with Crippen LogP contribution in [0, 0.1) is 12.8 Å². The highest BCUT2D eigenvalue weighted by Crippen LogP contribution is 2.41. The summed E-state index contributed by atoms with van der Waals surface area (Å²) in [5, 5.41) is 11.5. The molecule has 0 bridgehead atoms. The van der Waals surface area contributed by atoms with Gasteiger partial charge < -0.3 is 24.2 Å². The van der Waals surface area contributed by atoms with Crippen LogP contribution in [-0.4, -0.2) is 48.5 Å². The molecule has 0 aromatic heterocycles. The molecular formula is C32H33NO7. The first kappa shape index (κ1) is 28.4. The lowest BCUT2D eigenvalue weighted by Gasteiger charge is -2.26. The van der Waals surface area contributed by atoms with Gasteiger partial charge in [0.2, 0.25) is 0 Å². The van der Waals surface area contributed by atoms with E-state index >= 15 is 0 Å². The number of methoxy groups -OCH3 is 2. The summed E-state index contributed by atoms with van der Waals surface area (Å²) in [4.78, 5) is 40.1. The van der Waals surface area contributed by atoms with Gasteiger partial charge in [-0.1, -0.05) is 38.1 Å². The molecule has 1 aliphatic rings. The molecule has 208 valence electrons. The van der Waals surface area contributed by atoms with Gasteiger partial charge in [0, 0.05) is 12.1 Å². The smallest absolute Gasteiger partial charge is 0.337 e. The van der Waals surface area contributed by atoms with Crippen LogP contribution in [0.25, 0.3) is 5.76 Å². The normalized spacial score (nSPS) is 16.4. The SMILES string of the molecule is COC(=O)c1ccc(CN2C(=O)C(=O)/C(=C(\O)c3ccc(OCC(C)C)c(C)c3)C2c2cccc(OC)c2)cc1. The van der Waals surface area contributed by atoms with Crippen molar-refractivity contribution >= 4 is 23.4 Å². The number of amides is 1. The van der Waals surface area contributed by atoms with Gasteiger partial charge in [-0.05, 0) is 72.0 Å². The largest absolute Gasteiger partial charge is 0.507 e. The van der Waals surface area contributed by atoms with Gasteiger partial charge in [0.15, 0.2) is 0 Å². The number of aliphatic hydroxyl groups is 1. The van der Waals surface area contributed by atoms with E-state index in [1.807, 2.05) is 6.92 Å². The highest BCUT2D eigenvalue weighted by molar-refractivity contribution is 6.46. The molecule has 1 saturated heterocycles.